The SMILES string of the molecule is COc1ccc(CNN=CC2=C(O)CN(C(=O)O)CC2=O)cc1. The fourth-order valence-electron chi connectivity index (χ4n) is 2.01. The molecule has 0 unspecified atom stereocenters. The lowest BCUT2D eigenvalue weighted by molar-refractivity contribution is -0.116. The van der Waals surface area contributed by atoms with E-state index in [2.05, 4.69) is 10.5 Å². The lowest BCUT2D eigenvalue weighted by atomic mass is 10.1. The van der Waals surface area contributed by atoms with E-state index in [0.29, 0.717) is 6.54 Å². The number of nitrogens with zero attached hydrogens (tertiary/aromatic N) is 2. The van der Waals surface area contributed by atoms with Gasteiger partial charge in [0.2, 0.25) is 0 Å². The highest BCUT2D eigenvalue weighted by Crippen LogP contribution is 2.12. The zero-order valence-electron chi connectivity index (χ0n) is 12.5. The number of ether oxygens (including phenoxy) is 1. The molecule has 2 rings (SSSR count). The third-order valence-corrected chi connectivity index (χ3v) is 3.28. The van der Waals surface area contributed by atoms with Gasteiger partial charge in [-0.15, -0.1) is 0 Å². The maximum atomic E-state index is 11.8. The van der Waals surface area contributed by atoms with Crippen LogP contribution < -0.4 is 10.2 Å². The van der Waals surface area contributed by atoms with E-state index in [0.717, 1.165) is 16.2 Å². The molecule has 122 valence electrons. The van der Waals surface area contributed by atoms with E-state index in [4.69, 9.17) is 9.84 Å². The summed E-state index contributed by atoms with van der Waals surface area (Å²) in [5.74, 6) is -0.0482. The van der Waals surface area contributed by atoms with Crippen molar-refractivity contribution in [3.8, 4) is 5.75 Å². The lowest BCUT2D eigenvalue weighted by Gasteiger charge is -2.23. The normalized spacial score (nSPS) is 15.2. The van der Waals surface area contributed by atoms with E-state index in [-0.39, 0.29) is 24.4 Å². The third kappa shape index (κ3) is 4.22. The summed E-state index contributed by atoms with van der Waals surface area (Å²) in [6, 6.07) is 7.38. The number of Topliss-reactive ketones (excluding diaryl/α,β-unsaturated/α-hetero) is 1. The maximum Gasteiger partial charge on any atom is 0.408 e. The maximum absolute atomic E-state index is 11.8. The summed E-state index contributed by atoms with van der Waals surface area (Å²) in [4.78, 5) is 23.4. The minimum Gasteiger partial charge on any atom is -0.510 e. The number of hydrazone groups is 1. The van der Waals surface area contributed by atoms with Crippen molar-refractivity contribution < 1.29 is 24.5 Å². The number of aliphatic hydroxyl groups is 1. The van der Waals surface area contributed by atoms with Gasteiger partial charge >= 0.3 is 6.09 Å². The second kappa shape index (κ2) is 7.30. The van der Waals surface area contributed by atoms with E-state index < -0.39 is 11.9 Å². The average molecular weight is 319 g/mol. The summed E-state index contributed by atoms with van der Waals surface area (Å²) < 4.78 is 5.06. The van der Waals surface area contributed by atoms with Crippen LogP contribution in [0.3, 0.4) is 0 Å². The number of rotatable bonds is 5. The Morgan fingerprint density at radius 2 is 2.09 bits per heavy atom. The summed E-state index contributed by atoms with van der Waals surface area (Å²) in [6.07, 6.45) is -0.0427. The summed E-state index contributed by atoms with van der Waals surface area (Å²) in [6.45, 7) is -0.0793. The van der Waals surface area contributed by atoms with E-state index >= 15 is 0 Å². The Morgan fingerprint density at radius 1 is 1.39 bits per heavy atom. The topological polar surface area (TPSA) is 111 Å². The van der Waals surface area contributed by atoms with Gasteiger partial charge in [-0.25, -0.2) is 4.79 Å². The zero-order chi connectivity index (χ0) is 16.8. The molecule has 23 heavy (non-hydrogen) atoms. The van der Waals surface area contributed by atoms with Gasteiger partial charge in [-0.3, -0.25) is 9.69 Å². The van der Waals surface area contributed by atoms with Gasteiger partial charge in [0.15, 0.2) is 5.78 Å². The van der Waals surface area contributed by atoms with Crippen molar-refractivity contribution >= 4 is 18.1 Å². The van der Waals surface area contributed by atoms with E-state index in [1.165, 1.54) is 6.21 Å². The van der Waals surface area contributed by atoms with E-state index in [1.54, 1.807) is 7.11 Å². The molecular weight excluding hydrogens is 302 g/mol. The Labute approximate surface area is 132 Å². The van der Waals surface area contributed by atoms with Crippen molar-refractivity contribution in [1.82, 2.24) is 10.3 Å². The van der Waals surface area contributed by atoms with Crippen LogP contribution in [-0.2, 0) is 11.3 Å². The minimum absolute atomic E-state index is 0.0183. The molecule has 1 aliphatic heterocycles. The number of amides is 1. The molecule has 0 fully saturated rings. The number of ketones is 1. The first kappa shape index (κ1) is 16.3. The first-order valence-electron chi connectivity index (χ1n) is 6.83. The summed E-state index contributed by atoms with van der Waals surface area (Å²) in [5.41, 5.74) is 3.75. The van der Waals surface area contributed by atoms with Crippen molar-refractivity contribution in [2.75, 3.05) is 20.2 Å². The molecule has 8 heteroatoms. The predicted octanol–water partition coefficient (Wildman–Crippen LogP) is 1.15. The zero-order valence-corrected chi connectivity index (χ0v) is 12.5. The Morgan fingerprint density at radius 3 is 2.65 bits per heavy atom. The number of benzene rings is 1. The second-order valence-electron chi connectivity index (χ2n) is 4.86. The lowest BCUT2D eigenvalue weighted by Crippen LogP contribution is -2.41. The number of nitrogens with one attached hydrogen (secondary N) is 1. The van der Waals surface area contributed by atoms with E-state index in [1.807, 2.05) is 24.3 Å². The second-order valence-corrected chi connectivity index (χ2v) is 4.86. The molecular formula is C15H17N3O5. The van der Waals surface area contributed by atoms with Gasteiger partial charge in [0.25, 0.3) is 0 Å². The van der Waals surface area contributed by atoms with Crippen LogP contribution in [0.1, 0.15) is 5.56 Å². The monoisotopic (exact) mass is 319 g/mol. The first-order valence-corrected chi connectivity index (χ1v) is 6.83. The highest BCUT2D eigenvalue weighted by molar-refractivity contribution is 6.15. The predicted molar refractivity (Wildman–Crippen MR) is 82.6 cm³/mol. The van der Waals surface area contributed by atoms with Crippen LogP contribution >= 0.6 is 0 Å². The van der Waals surface area contributed by atoms with Crippen molar-refractivity contribution in [3.63, 3.8) is 0 Å². The van der Waals surface area contributed by atoms with Crippen LogP contribution in [0.25, 0.3) is 0 Å². The molecule has 1 amide bonds. The minimum atomic E-state index is -1.25. The number of carboxylic acid groups (broad SMARTS) is 1. The molecule has 0 saturated heterocycles. The van der Waals surface area contributed by atoms with Gasteiger partial charge < -0.3 is 20.4 Å². The van der Waals surface area contributed by atoms with Gasteiger partial charge in [0.1, 0.15) is 11.5 Å². The number of carbonyl (C=O) groups excluding carboxylic acids is 1. The van der Waals surface area contributed by atoms with E-state index in [9.17, 15) is 14.7 Å². The van der Waals surface area contributed by atoms with Gasteiger partial charge in [-0.05, 0) is 17.7 Å². The molecule has 8 nitrogen and oxygen atoms in total. The fraction of sp³-hybridized carbons (Fsp3) is 0.267. The number of methoxy groups -OCH3 is 1. The summed E-state index contributed by atoms with van der Waals surface area (Å²) in [5, 5.41) is 22.5. The number of hydrogen-bond acceptors (Lipinski definition) is 6. The molecule has 0 bridgehead atoms. The standard InChI is InChI=1S/C15H17N3O5/c1-23-11-4-2-10(3-5-11)6-16-17-7-12-13(19)8-18(15(21)22)9-14(12)20/h2-5,7,16,19H,6,8-9H2,1H3,(H,21,22). The molecule has 0 saturated carbocycles. The Bertz CT molecular complexity index is 652. The molecule has 1 aromatic carbocycles. The number of carbonyl (C=O) groups is 2. The van der Waals surface area contributed by atoms with Crippen molar-refractivity contribution in [2.24, 2.45) is 5.10 Å². The van der Waals surface area contributed by atoms with Crippen LogP contribution in [0.5, 0.6) is 5.75 Å². The van der Waals surface area contributed by atoms with Crippen molar-refractivity contribution in [1.29, 1.82) is 0 Å². The Kier molecular flexibility index (Phi) is 5.19. The highest BCUT2D eigenvalue weighted by Gasteiger charge is 2.27. The quantitative estimate of drug-likeness (QED) is 0.554. The number of hydrogen-bond donors (Lipinski definition) is 3. The molecule has 0 radical (unpaired) electrons. The molecule has 0 aliphatic carbocycles. The van der Waals surface area contributed by atoms with Gasteiger partial charge in [0, 0.05) is 0 Å². The molecule has 0 spiro atoms. The van der Waals surface area contributed by atoms with Crippen LogP contribution in [-0.4, -0.2) is 53.4 Å². The number of aliphatic hydroxyl groups excluding tert-OH is 1. The molecule has 1 aliphatic rings. The fourth-order valence-corrected chi connectivity index (χ4v) is 2.01. The molecule has 0 atom stereocenters. The smallest absolute Gasteiger partial charge is 0.408 e. The largest absolute Gasteiger partial charge is 0.510 e. The van der Waals surface area contributed by atoms with Crippen molar-refractivity contribution in [2.45, 2.75) is 6.54 Å². The first-order chi connectivity index (χ1) is 11.0. The van der Waals surface area contributed by atoms with Crippen LogP contribution in [0.4, 0.5) is 4.79 Å². The van der Waals surface area contributed by atoms with Crippen LogP contribution in [0.2, 0.25) is 0 Å². The van der Waals surface area contributed by atoms with Gasteiger partial charge in [0.05, 0.1) is 38.5 Å². The third-order valence-electron chi connectivity index (χ3n) is 3.28. The Balaban J connectivity index is 1.93. The van der Waals surface area contributed by atoms with Gasteiger partial charge in [-0.1, -0.05) is 12.1 Å². The van der Waals surface area contributed by atoms with Crippen LogP contribution in [0.15, 0.2) is 40.7 Å². The average Bonchev–Trinajstić information content (AvgIpc) is 2.53. The van der Waals surface area contributed by atoms with Crippen molar-refractivity contribution in [3.05, 3.63) is 41.2 Å². The molecule has 1 heterocycles. The molecule has 0 aromatic heterocycles. The molecule has 3 N–H and O–H groups in total. The Hall–Kier alpha value is -3.03. The highest BCUT2D eigenvalue weighted by atomic mass is 16.5. The molecule has 1 aromatic rings. The van der Waals surface area contributed by atoms with Crippen LogP contribution in [0, 0.1) is 0 Å². The van der Waals surface area contributed by atoms with Gasteiger partial charge in [-0.2, -0.15) is 5.10 Å². The summed E-state index contributed by atoms with van der Waals surface area (Å²) in [7, 11) is 1.59. The summed E-state index contributed by atoms with van der Waals surface area (Å²) >= 11 is 0.